The van der Waals surface area contributed by atoms with Crippen LogP contribution in [0.4, 0.5) is 13.2 Å². The maximum absolute atomic E-state index is 12.9. The van der Waals surface area contributed by atoms with Crippen LogP contribution in [0.15, 0.2) is 48.5 Å². The number of esters is 1. The molecule has 0 bridgehead atoms. The van der Waals surface area contributed by atoms with Crippen molar-refractivity contribution >= 4 is 5.97 Å². The first kappa shape index (κ1) is 16.9. The molecule has 1 unspecified atom stereocenters. The second kappa shape index (κ2) is 6.73. The molecule has 2 aromatic carbocycles. The molecule has 0 spiro atoms. The predicted molar refractivity (Wildman–Crippen MR) is 78.4 cm³/mol. The second-order valence-electron chi connectivity index (χ2n) is 5.04. The van der Waals surface area contributed by atoms with Gasteiger partial charge in [0.1, 0.15) is 5.75 Å². The molecule has 0 saturated carbocycles. The van der Waals surface area contributed by atoms with Gasteiger partial charge in [-0.2, -0.15) is 13.2 Å². The topological polar surface area (TPSA) is 46.5 Å². The van der Waals surface area contributed by atoms with Crippen LogP contribution >= 0.6 is 0 Å². The molecule has 0 radical (unpaired) electrons. The number of benzene rings is 2. The first-order chi connectivity index (χ1) is 10.8. The summed E-state index contributed by atoms with van der Waals surface area (Å²) in [5, 5.41) is 9.88. The van der Waals surface area contributed by atoms with E-state index in [0.717, 1.165) is 0 Å². The van der Waals surface area contributed by atoms with Gasteiger partial charge in [-0.1, -0.05) is 30.3 Å². The first-order valence-corrected chi connectivity index (χ1v) is 6.84. The van der Waals surface area contributed by atoms with Crippen molar-refractivity contribution in [2.24, 2.45) is 0 Å². The van der Waals surface area contributed by atoms with Gasteiger partial charge in [-0.05, 0) is 23.8 Å². The van der Waals surface area contributed by atoms with E-state index >= 15 is 0 Å². The normalized spacial score (nSPS) is 12.7. The third-order valence-corrected chi connectivity index (χ3v) is 3.48. The fraction of sp³-hybridized carbons (Fsp3) is 0.235. The summed E-state index contributed by atoms with van der Waals surface area (Å²) in [6.45, 7) is 0. The maximum atomic E-state index is 12.9. The Hall–Kier alpha value is -2.50. The van der Waals surface area contributed by atoms with Gasteiger partial charge in [0.25, 0.3) is 0 Å². The lowest BCUT2D eigenvalue weighted by Gasteiger charge is -2.21. The summed E-state index contributed by atoms with van der Waals surface area (Å²) >= 11 is 0. The maximum Gasteiger partial charge on any atom is 0.390 e. The number of methoxy groups -OCH3 is 1. The fourth-order valence-corrected chi connectivity index (χ4v) is 2.39. The van der Waals surface area contributed by atoms with Crippen LogP contribution in [-0.2, 0) is 4.74 Å². The predicted octanol–water partition coefficient (Wildman–Crippen LogP) is 4.26. The lowest BCUT2D eigenvalue weighted by atomic mass is 9.87. The molecule has 0 aliphatic heterocycles. The van der Waals surface area contributed by atoms with Crippen molar-refractivity contribution in [3.8, 4) is 5.75 Å². The lowest BCUT2D eigenvalue weighted by Crippen LogP contribution is -2.15. The standard InChI is InChI=1S/C17H15F3O3/c1-23-16(22)12-8-6-11(7-9-12)14(10-17(18,19)20)13-4-2-3-5-15(13)21/h2-9,14,21H,10H2,1H3. The van der Waals surface area contributed by atoms with Crippen LogP contribution in [0.25, 0.3) is 0 Å². The molecular formula is C17H15F3O3. The minimum atomic E-state index is -4.39. The highest BCUT2D eigenvalue weighted by atomic mass is 19.4. The number of hydrogen-bond donors (Lipinski definition) is 1. The van der Waals surface area contributed by atoms with Crippen LogP contribution in [-0.4, -0.2) is 24.4 Å². The van der Waals surface area contributed by atoms with Crippen molar-refractivity contribution in [1.82, 2.24) is 0 Å². The molecule has 0 aliphatic rings. The Morgan fingerprint density at radius 2 is 1.74 bits per heavy atom. The molecule has 6 heteroatoms. The van der Waals surface area contributed by atoms with Crippen LogP contribution < -0.4 is 0 Å². The zero-order chi connectivity index (χ0) is 17.0. The summed E-state index contributed by atoms with van der Waals surface area (Å²) in [5.41, 5.74) is 0.798. The van der Waals surface area contributed by atoms with E-state index < -0.39 is 24.5 Å². The van der Waals surface area contributed by atoms with Gasteiger partial charge in [-0.15, -0.1) is 0 Å². The van der Waals surface area contributed by atoms with E-state index in [1.165, 1.54) is 43.5 Å². The third-order valence-electron chi connectivity index (χ3n) is 3.48. The molecule has 1 N–H and O–H groups in total. The van der Waals surface area contributed by atoms with Crippen molar-refractivity contribution in [2.75, 3.05) is 7.11 Å². The van der Waals surface area contributed by atoms with Crippen molar-refractivity contribution in [2.45, 2.75) is 18.5 Å². The van der Waals surface area contributed by atoms with Gasteiger partial charge in [0.05, 0.1) is 19.1 Å². The van der Waals surface area contributed by atoms with Crippen LogP contribution in [0.2, 0.25) is 0 Å². The van der Waals surface area contributed by atoms with Gasteiger partial charge in [0.15, 0.2) is 0 Å². The van der Waals surface area contributed by atoms with E-state index in [1.54, 1.807) is 12.1 Å². The molecule has 23 heavy (non-hydrogen) atoms. The number of rotatable bonds is 4. The number of halogens is 3. The summed E-state index contributed by atoms with van der Waals surface area (Å²) in [6.07, 6.45) is -5.50. The highest BCUT2D eigenvalue weighted by Gasteiger charge is 2.34. The largest absolute Gasteiger partial charge is 0.508 e. The van der Waals surface area contributed by atoms with E-state index in [1.807, 2.05) is 0 Å². The molecule has 3 nitrogen and oxygen atoms in total. The Morgan fingerprint density at radius 1 is 1.13 bits per heavy atom. The highest BCUT2D eigenvalue weighted by molar-refractivity contribution is 5.89. The van der Waals surface area contributed by atoms with Crippen LogP contribution in [0, 0.1) is 0 Å². The van der Waals surface area contributed by atoms with E-state index in [-0.39, 0.29) is 16.9 Å². The number of carbonyl (C=O) groups is 1. The third kappa shape index (κ3) is 4.25. The van der Waals surface area contributed by atoms with E-state index in [4.69, 9.17) is 0 Å². The molecule has 0 aliphatic carbocycles. The van der Waals surface area contributed by atoms with Gasteiger partial charge in [-0.25, -0.2) is 4.79 Å². The van der Waals surface area contributed by atoms with Crippen LogP contribution in [0.1, 0.15) is 33.8 Å². The van der Waals surface area contributed by atoms with Gasteiger partial charge in [0.2, 0.25) is 0 Å². The summed E-state index contributed by atoms with van der Waals surface area (Å²) in [7, 11) is 1.23. The second-order valence-corrected chi connectivity index (χ2v) is 5.04. The van der Waals surface area contributed by atoms with Gasteiger partial charge in [0, 0.05) is 11.5 Å². The lowest BCUT2D eigenvalue weighted by molar-refractivity contribution is -0.136. The number of phenols is 1. The van der Waals surface area contributed by atoms with Crippen LogP contribution in [0.3, 0.4) is 0 Å². The molecule has 122 valence electrons. The Labute approximate surface area is 131 Å². The van der Waals surface area contributed by atoms with Crippen LogP contribution in [0.5, 0.6) is 5.75 Å². The molecule has 2 rings (SSSR count). The van der Waals surface area contributed by atoms with E-state index in [9.17, 15) is 23.1 Å². The fourth-order valence-electron chi connectivity index (χ4n) is 2.39. The minimum Gasteiger partial charge on any atom is -0.508 e. The molecule has 0 heterocycles. The van der Waals surface area contributed by atoms with Gasteiger partial charge < -0.3 is 9.84 Å². The molecule has 0 aromatic heterocycles. The number of carbonyl (C=O) groups excluding carboxylic acids is 1. The minimum absolute atomic E-state index is 0.190. The van der Waals surface area contributed by atoms with Crippen molar-refractivity contribution < 1.29 is 27.8 Å². The smallest absolute Gasteiger partial charge is 0.390 e. The Morgan fingerprint density at radius 3 is 2.26 bits per heavy atom. The molecule has 0 fully saturated rings. The summed E-state index contributed by atoms with van der Waals surface area (Å²) in [5.74, 6) is -1.81. The first-order valence-electron chi connectivity index (χ1n) is 6.84. The van der Waals surface area contributed by atoms with E-state index in [2.05, 4.69) is 4.74 Å². The zero-order valence-electron chi connectivity index (χ0n) is 12.3. The highest BCUT2D eigenvalue weighted by Crippen LogP contribution is 2.39. The molecule has 0 amide bonds. The number of alkyl halides is 3. The molecule has 1 atom stereocenters. The molecule has 0 saturated heterocycles. The van der Waals surface area contributed by atoms with Gasteiger partial charge in [-0.3, -0.25) is 0 Å². The van der Waals surface area contributed by atoms with Crippen molar-refractivity contribution in [3.63, 3.8) is 0 Å². The summed E-state index contributed by atoms with van der Waals surface area (Å²) in [6, 6.07) is 11.6. The number of para-hydroxylation sites is 1. The Bertz CT molecular complexity index is 678. The monoisotopic (exact) mass is 324 g/mol. The molecule has 2 aromatic rings. The van der Waals surface area contributed by atoms with Gasteiger partial charge >= 0.3 is 12.1 Å². The van der Waals surface area contributed by atoms with Crippen molar-refractivity contribution in [1.29, 1.82) is 0 Å². The quantitative estimate of drug-likeness (QED) is 0.855. The summed E-state index contributed by atoms with van der Waals surface area (Å²) in [4.78, 5) is 11.4. The van der Waals surface area contributed by atoms with Crippen molar-refractivity contribution in [3.05, 3.63) is 65.2 Å². The van der Waals surface area contributed by atoms with E-state index in [0.29, 0.717) is 5.56 Å². The average Bonchev–Trinajstić information content (AvgIpc) is 2.52. The SMILES string of the molecule is COC(=O)c1ccc(C(CC(F)(F)F)c2ccccc2O)cc1. The number of hydrogen-bond acceptors (Lipinski definition) is 3. The Kier molecular flexibility index (Phi) is 4.93. The number of ether oxygens (including phenoxy) is 1. The zero-order valence-corrected chi connectivity index (χ0v) is 12.3. The average molecular weight is 324 g/mol. The molecular weight excluding hydrogens is 309 g/mol. The summed E-state index contributed by atoms with van der Waals surface area (Å²) < 4.78 is 43.3. The Balaban J connectivity index is 2.42. The number of phenolic OH excluding ortho intramolecular Hbond substituents is 1. The number of aromatic hydroxyl groups is 1.